The van der Waals surface area contributed by atoms with Crippen LogP contribution in [0.15, 0.2) is 23.7 Å². The number of fused-ring (bicyclic) bond motifs is 4. The number of thiazole rings is 1. The number of nitrogens with one attached hydrogen (secondary N) is 1. The Hall–Kier alpha value is -2.27. The van der Waals surface area contributed by atoms with Crippen LogP contribution in [0.3, 0.4) is 0 Å². The van der Waals surface area contributed by atoms with E-state index in [4.69, 9.17) is 9.47 Å². The number of hydrogen-bond donors (Lipinski definition) is 2. The lowest BCUT2D eigenvalue weighted by molar-refractivity contribution is -0.160. The Morgan fingerprint density at radius 3 is 2.57 bits per heavy atom. The maximum Gasteiger partial charge on any atom is 0.226 e. The number of aliphatic hydroxyl groups is 1. The molecule has 1 aromatic carbocycles. The van der Waals surface area contributed by atoms with Gasteiger partial charge in [-0.2, -0.15) is 0 Å². The fourth-order valence-electron chi connectivity index (χ4n) is 8.45. The maximum absolute atomic E-state index is 14.3. The van der Waals surface area contributed by atoms with E-state index in [-0.39, 0.29) is 46.0 Å². The summed E-state index contributed by atoms with van der Waals surface area (Å²) in [5.41, 5.74) is 2.48. The molecule has 0 radical (unpaired) electrons. The molecule has 8 rings (SSSR count). The standard InChI is InChI=1S/C34H48N4O5S/c1-21(42-18-33-11-9-22(10-12-33)43-19-33)28(32(4,5)41)36-29(39)24-14-37(26-8-6-7-25-27(26)44-20-35-25)15-34(24)16-38(17-34)30(40)23-13-31(23,2)3/h6-8,20-24,28,41H,9-19H2,1-5H3,(H,36,39)/t21-,22?,23-,24?,28+,33?/m1/s1. The van der Waals surface area contributed by atoms with Crippen LogP contribution in [0.5, 0.6) is 0 Å². The number of ether oxygens (including phenoxy) is 2. The topological polar surface area (TPSA) is 104 Å². The number of anilines is 1. The van der Waals surface area contributed by atoms with Gasteiger partial charge in [-0.15, -0.1) is 11.3 Å². The van der Waals surface area contributed by atoms with Gasteiger partial charge in [0.1, 0.15) is 0 Å². The van der Waals surface area contributed by atoms with Crippen molar-refractivity contribution in [3.8, 4) is 0 Å². The zero-order valence-electron chi connectivity index (χ0n) is 26.8. The molecule has 5 heterocycles. The van der Waals surface area contributed by atoms with Crippen LogP contribution in [0.4, 0.5) is 5.69 Å². The van der Waals surface area contributed by atoms with Gasteiger partial charge in [-0.05, 0) is 70.4 Å². The summed E-state index contributed by atoms with van der Waals surface area (Å²) in [4.78, 5) is 36.4. The van der Waals surface area contributed by atoms with E-state index < -0.39 is 11.6 Å². The van der Waals surface area contributed by atoms with Crippen molar-refractivity contribution in [3.05, 3.63) is 23.7 Å². The fraction of sp³-hybridized carbons (Fsp3) is 0.735. The van der Waals surface area contributed by atoms with Gasteiger partial charge in [0.05, 0.1) is 64.4 Å². The van der Waals surface area contributed by atoms with Crippen LogP contribution in [0.2, 0.25) is 0 Å². The van der Waals surface area contributed by atoms with E-state index >= 15 is 0 Å². The van der Waals surface area contributed by atoms with E-state index in [9.17, 15) is 14.7 Å². The molecule has 1 unspecified atom stereocenters. The molecule has 2 aliphatic carbocycles. The first kappa shape index (κ1) is 30.4. The van der Waals surface area contributed by atoms with Crippen molar-refractivity contribution in [1.82, 2.24) is 15.2 Å². The quantitative estimate of drug-likeness (QED) is 0.431. The molecule has 2 saturated carbocycles. The van der Waals surface area contributed by atoms with Gasteiger partial charge < -0.3 is 29.7 Å². The summed E-state index contributed by atoms with van der Waals surface area (Å²) in [5.74, 6) is -0.110. The van der Waals surface area contributed by atoms with E-state index in [1.165, 1.54) is 0 Å². The van der Waals surface area contributed by atoms with Crippen molar-refractivity contribution in [2.75, 3.05) is 44.3 Å². The van der Waals surface area contributed by atoms with E-state index in [2.05, 4.69) is 35.1 Å². The Balaban J connectivity index is 1.09. The van der Waals surface area contributed by atoms with Crippen molar-refractivity contribution in [1.29, 1.82) is 0 Å². The summed E-state index contributed by atoms with van der Waals surface area (Å²) in [5, 5.41) is 14.5. The van der Waals surface area contributed by atoms with Crippen molar-refractivity contribution < 1.29 is 24.2 Å². The van der Waals surface area contributed by atoms with Gasteiger partial charge >= 0.3 is 0 Å². The zero-order valence-corrected chi connectivity index (χ0v) is 27.6. The summed E-state index contributed by atoms with van der Waals surface area (Å²) < 4.78 is 13.6. The summed E-state index contributed by atoms with van der Waals surface area (Å²) in [6.07, 6.45) is 5.30. The molecule has 2 N–H and O–H groups in total. The highest BCUT2D eigenvalue weighted by molar-refractivity contribution is 7.17. The van der Waals surface area contributed by atoms with Gasteiger partial charge in [0.15, 0.2) is 0 Å². The number of carbonyl (C=O) groups excluding carboxylic acids is 2. The first-order chi connectivity index (χ1) is 20.8. The van der Waals surface area contributed by atoms with Crippen LogP contribution < -0.4 is 10.2 Å². The lowest BCUT2D eigenvalue weighted by atomic mass is 9.70. The third kappa shape index (κ3) is 5.33. The number of likely N-dealkylation sites (tertiary alicyclic amines) is 1. The largest absolute Gasteiger partial charge is 0.388 e. The summed E-state index contributed by atoms with van der Waals surface area (Å²) in [7, 11) is 0. The van der Waals surface area contributed by atoms with Gasteiger partial charge in [0.2, 0.25) is 11.8 Å². The number of nitrogens with zero attached hydrogens (tertiary/aromatic N) is 3. The van der Waals surface area contributed by atoms with E-state index in [1.54, 1.807) is 25.2 Å². The van der Waals surface area contributed by atoms with Gasteiger partial charge in [-0.1, -0.05) is 19.9 Å². The van der Waals surface area contributed by atoms with Gasteiger partial charge in [0, 0.05) is 42.9 Å². The Kier molecular flexibility index (Phi) is 7.35. The Morgan fingerprint density at radius 1 is 1.20 bits per heavy atom. The molecule has 4 atom stereocenters. The molecule has 4 saturated heterocycles. The van der Waals surface area contributed by atoms with Crippen LogP contribution in [0, 0.1) is 28.1 Å². The molecule has 9 nitrogen and oxygen atoms in total. The molecular weight excluding hydrogens is 576 g/mol. The SMILES string of the molecule is C[C@@H](OCC12CCC(CC1)OC2)[C@H](NC(=O)C1CN(c2cccc3ncsc23)CC12CN(C(=O)[C@H]1CC1(C)C)C2)C(C)(C)O. The lowest BCUT2D eigenvalue weighted by Crippen LogP contribution is -2.66. The summed E-state index contributed by atoms with van der Waals surface area (Å²) in [6, 6.07) is 5.57. The predicted molar refractivity (Wildman–Crippen MR) is 171 cm³/mol. The Labute approximate surface area is 264 Å². The zero-order chi connectivity index (χ0) is 31.1. The number of hydrogen-bond acceptors (Lipinski definition) is 8. The molecule has 2 bridgehead atoms. The van der Waals surface area contributed by atoms with E-state index in [0.29, 0.717) is 38.9 Å². The van der Waals surface area contributed by atoms with Crippen molar-refractivity contribution in [3.63, 3.8) is 0 Å². The van der Waals surface area contributed by atoms with Crippen LogP contribution in [-0.4, -0.2) is 90.0 Å². The average molecular weight is 625 g/mol. The van der Waals surface area contributed by atoms with E-state index in [0.717, 1.165) is 54.6 Å². The highest BCUT2D eigenvalue weighted by atomic mass is 32.1. The highest BCUT2D eigenvalue weighted by Crippen LogP contribution is 2.55. The minimum absolute atomic E-state index is 0.0307. The monoisotopic (exact) mass is 624 g/mol. The molecule has 6 aliphatic rings. The maximum atomic E-state index is 14.3. The molecule has 4 aliphatic heterocycles. The lowest BCUT2D eigenvalue weighted by Gasteiger charge is -2.51. The number of aromatic nitrogens is 1. The second kappa shape index (κ2) is 10.6. The molecule has 10 heteroatoms. The second-order valence-electron chi connectivity index (χ2n) is 15.9. The predicted octanol–water partition coefficient (Wildman–Crippen LogP) is 4.23. The molecule has 6 fully saturated rings. The molecule has 2 aromatic rings. The summed E-state index contributed by atoms with van der Waals surface area (Å²) >= 11 is 1.62. The van der Waals surface area contributed by atoms with Crippen molar-refractivity contribution in [2.24, 2.45) is 28.1 Å². The van der Waals surface area contributed by atoms with Gasteiger partial charge in [-0.3, -0.25) is 9.59 Å². The molecule has 44 heavy (non-hydrogen) atoms. The van der Waals surface area contributed by atoms with Crippen LogP contribution in [-0.2, 0) is 19.1 Å². The third-order valence-corrected chi connectivity index (χ3v) is 12.4. The average Bonchev–Trinajstić information content (AvgIpc) is 3.31. The smallest absolute Gasteiger partial charge is 0.226 e. The van der Waals surface area contributed by atoms with Crippen LogP contribution >= 0.6 is 11.3 Å². The molecule has 1 spiro atoms. The number of amides is 2. The minimum atomic E-state index is -1.19. The molecule has 1 aromatic heterocycles. The van der Waals surface area contributed by atoms with Gasteiger partial charge in [0.25, 0.3) is 0 Å². The normalized spacial score (nSPS) is 31.6. The molecule has 240 valence electrons. The Bertz CT molecular complexity index is 1410. The third-order valence-electron chi connectivity index (χ3n) is 11.6. The fourth-order valence-corrected chi connectivity index (χ4v) is 9.29. The number of carbonyl (C=O) groups is 2. The second-order valence-corrected chi connectivity index (χ2v) is 16.7. The van der Waals surface area contributed by atoms with Gasteiger partial charge in [-0.25, -0.2) is 4.98 Å². The van der Waals surface area contributed by atoms with Crippen molar-refractivity contribution in [2.45, 2.75) is 90.6 Å². The molecular formula is C34H48N4O5S. The van der Waals surface area contributed by atoms with Crippen LogP contribution in [0.1, 0.15) is 66.7 Å². The number of benzene rings is 1. The first-order valence-corrected chi connectivity index (χ1v) is 17.3. The van der Waals surface area contributed by atoms with Crippen molar-refractivity contribution >= 4 is 39.1 Å². The Morgan fingerprint density at radius 2 is 1.93 bits per heavy atom. The first-order valence-electron chi connectivity index (χ1n) is 16.4. The number of rotatable bonds is 9. The summed E-state index contributed by atoms with van der Waals surface area (Å²) in [6.45, 7) is 13.4. The highest BCUT2D eigenvalue weighted by Gasteiger charge is 2.61. The van der Waals surface area contributed by atoms with Crippen LogP contribution in [0.25, 0.3) is 10.2 Å². The molecule has 2 amide bonds. The van der Waals surface area contributed by atoms with E-state index in [1.807, 2.05) is 29.5 Å². The minimum Gasteiger partial charge on any atom is -0.388 e.